The molecule has 0 bridgehead atoms. The third kappa shape index (κ3) is 5.01. The number of piperidine rings is 1. The molecule has 8 nitrogen and oxygen atoms in total. The summed E-state index contributed by atoms with van der Waals surface area (Å²) >= 11 is 0. The Hall–Kier alpha value is -1.71. The van der Waals surface area contributed by atoms with Gasteiger partial charge in [-0.1, -0.05) is 6.92 Å². The van der Waals surface area contributed by atoms with Crippen LogP contribution in [0.4, 0.5) is 11.4 Å². The molecule has 0 spiro atoms. The van der Waals surface area contributed by atoms with Gasteiger partial charge in [0.25, 0.3) is 5.69 Å². The molecule has 0 amide bonds. The lowest BCUT2D eigenvalue weighted by Gasteiger charge is -2.30. The van der Waals surface area contributed by atoms with Gasteiger partial charge in [-0.2, -0.15) is 4.31 Å². The summed E-state index contributed by atoms with van der Waals surface area (Å²) in [5.74, 6) is 0.798. The van der Waals surface area contributed by atoms with Crippen LogP contribution < -0.4 is 5.32 Å². The van der Waals surface area contributed by atoms with Crippen LogP contribution in [0.15, 0.2) is 23.1 Å². The Kier molecular flexibility index (Phi) is 6.90. The van der Waals surface area contributed by atoms with Crippen LogP contribution in [0, 0.1) is 16.0 Å². The van der Waals surface area contributed by atoms with Crippen molar-refractivity contribution in [2.75, 3.05) is 44.6 Å². The Balaban J connectivity index is 1.61. The molecule has 0 aromatic heterocycles. The highest BCUT2D eigenvalue weighted by Crippen LogP contribution is 2.30. The first kappa shape index (κ1) is 21.0. The minimum absolute atomic E-state index is 0.00548. The molecule has 2 aliphatic rings. The first-order valence-corrected chi connectivity index (χ1v) is 11.6. The van der Waals surface area contributed by atoms with E-state index in [4.69, 9.17) is 0 Å². The first-order valence-electron chi connectivity index (χ1n) is 10.1. The van der Waals surface area contributed by atoms with Gasteiger partial charge in [-0.15, -0.1) is 0 Å². The van der Waals surface area contributed by atoms with E-state index in [0.717, 1.165) is 44.8 Å². The molecule has 1 aromatic carbocycles. The standard InChI is InChI=1S/C19H30N4O4S/c1-16-7-13-21(14-8-16)10-4-9-20-18-6-5-17(15-19(18)23(24)25)28(26,27)22-11-2-3-12-22/h5-6,15-16,20H,2-4,7-14H2,1H3. The summed E-state index contributed by atoms with van der Waals surface area (Å²) in [6.07, 6.45) is 5.00. The van der Waals surface area contributed by atoms with Gasteiger partial charge in [-0.05, 0) is 69.8 Å². The lowest BCUT2D eigenvalue weighted by atomic mass is 9.99. The van der Waals surface area contributed by atoms with Crippen LogP contribution in [-0.2, 0) is 10.0 Å². The second-order valence-corrected chi connectivity index (χ2v) is 9.79. The molecule has 2 aliphatic heterocycles. The van der Waals surface area contributed by atoms with E-state index in [-0.39, 0.29) is 10.6 Å². The van der Waals surface area contributed by atoms with Crippen LogP contribution in [-0.4, -0.2) is 61.8 Å². The van der Waals surface area contributed by atoms with E-state index in [0.29, 0.717) is 25.3 Å². The fourth-order valence-electron chi connectivity index (χ4n) is 3.86. The monoisotopic (exact) mass is 410 g/mol. The Morgan fingerprint density at radius 2 is 1.86 bits per heavy atom. The zero-order chi connectivity index (χ0) is 20.1. The molecule has 156 valence electrons. The van der Waals surface area contributed by atoms with Crippen LogP contribution in [0.25, 0.3) is 0 Å². The van der Waals surface area contributed by atoms with E-state index in [1.54, 1.807) is 0 Å². The smallest absolute Gasteiger partial charge is 0.293 e. The van der Waals surface area contributed by atoms with E-state index in [1.165, 1.54) is 35.3 Å². The summed E-state index contributed by atoms with van der Waals surface area (Å²) < 4.78 is 26.7. The molecular formula is C19H30N4O4S. The number of benzene rings is 1. The molecular weight excluding hydrogens is 380 g/mol. The zero-order valence-electron chi connectivity index (χ0n) is 16.5. The minimum atomic E-state index is -3.66. The maximum Gasteiger partial charge on any atom is 0.293 e. The lowest BCUT2D eigenvalue weighted by Crippen LogP contribution is -2.34. The van der Waals surface area contributed by atoms with Crippen molar-refractivity contribution in [1.29, 1.82) is 0 Å². The minimum Gasteiger partial charge on any atom is -0.379 e. The van der Waals surface area contributed by atoms with Crippen molar-refractivity contribution >= 4 is 21.4 Å². The highest BCUT2D eigenvalue weighted by atomic mass is 32.2. The van der Waals surface area contributed by atoms with Gasteiger partial charge in [-0.3, -0.25) is 10.1 Å². The Morgan fingerprint density at radius 3 is 2.50 bits per heavy atom. The molecule has 1 N–H and O–H groups in total. The van der Waals surface area contributed by atoms with Crippen LogP contribution in [0.5, 0.6) is 0 Å². The predicted octanol–water partition coefficient (Wildman–Crippen LogP) is 2.91. The topological polar surface area (TPSA) is 95.8 Å². The fourth-order valence-corrected chi connectivity index (χ4v) is 5.40. The fraction of sp³-hybridized carbons (Fsp3) is 0.684. The van der Waals surface area contributed by atoms with Gasteiger partial charge in [0, 0.05) is 25.7 Å². The van der Waals surface area contributed by atoms with Crippen LogP contribution in [0.2, 0.25) is 0 Å². The number of anilines is 1. The number of sulfonamides is 1. The molecule has 2 saturated heterocycles. The molecule has 0 radical (unpaired) electrons. The largest absolute Gasteiger partial charge is 0.379 e. The molecule has 1 aromatic rings. The normalized spacial score (nSPS) is 19.8. The Morgan fingerprint density at radius 1 is 1.18 bits per heavy atom. The Labute approximate surface area is 167 Å². The maximum atomic E-state index is 12.7. The SMILES string of the molecule is CC1CCN(CCCNc2ccc(S(=O)(=O)N3CCCC3)cc2[N+](=O)[O-])CC1. The number of hydrogen-bond acceptors (Lipinski definition) is 6. The molecule has 9 heteroatoms. The van der Waals surface area contributed by atoms with E-state index in [1.807, 2.05) is 0 Å². The summed E-state index contributed by atoms with van der Waals surface area (Å²) in [6.45, 7) is 7.05. The predicted molar refractivity (Wildman–Crippen MR) is 109 cm³/mol. The van der Waals surface area contributed by atoms with E-state index >= 15 is 0 Å². The van der Waals surface area contributed by atoms with Crippen molar-refractivity contribution in [1.82, 2.24) is 9.21 Å². The van der Waals surface area contributed by atoms with Gasteiger partial charge < -0.3 is 10.2 Å². The molecule has 2 heterocycles. The van der Waals surface area contributed by atoms with Crippen molar-refractivity contribution < 1.29 is 13.3 Å². The molecule has 0 saturated carbocycles. The third-order valence-corrected chi connectivity index (χ3v) is 7.61. The summed E-state index contributed by atoms with van der Waals surface area (Å²) in [7, 11) is -3.66. The van der Waals surface area contributed by atoms with Crippen LogP contribution in [0.1, 0.15) is 39.0 Å². The number of likely N-dealkylation sites (tertiary alicyclic amines) is 1. The number of hydrogen-bond donors (Lipinski definition) is 1. The number of nitrogens with zero attached hydrogens (tertiary/aromatic N) is 3. The first-order chi connectivity index (χ1) is 13.4. The van der Waals surface area contributed by atoms with Gasteiger partial charge in [0.2, 0.25) is 10.0 Å². The van der Waals surface area contributed by atoms with Crippen LogP contribution >= 0.6 is 0 Å². The zero-order valence-corrected chi connectivity index (χ0v) is 17.3. The van der Waals surface area contributed by atoms with Gasteiger partial charge in [0.05, 0.1) is 9.82 Å². The molecule has 28 heavy (non-hydrogen) atoms. The van der Waals surface area contributed by atoms with Crippen molar-refractivity contribution in [2.24, 2.45) is 5.92 Å². The highest BCUT2D eigenvalue weighted by molar-refractivity contribution is 7.89. The quantitative estimate of drug-likeness (QED) is 0.402. The number of nitro groups is 1. The van der Waals surface area contributed by atoms with Gasteiger partial charge in [0.15, 0.2) is 0 Å². The lowest BCUT2D eigenvalue weighted by molar-refractivity contribution is -0.384. The summed E-state index contributed by atoms with van der Waals surface area (Å²) in [5, 5.41) is 14.6. The number of nitrogens with one attached hydrogen (secondary N) is 1. The summed E-state index contributed by atoms with van der Waals surface area (Å²) in [6, 6.07) is 4.17. The van der Waals surface area contributed by atoms with E-state index in [9.17, 15) is 18.5 Å². The number of rotatable bonds is 8. The highest BCUT2D eigenvalue weighted by Gasteiger charge is 2.29. The average Bonchev–Trinajstić information content (AvgIpc) is 3.22. The molecule has 0 aliphatic carbocycles. The van der Waals surface area contributed by atoms with Crippen LogP contribution in [0.3, 0.4) is 0 Å². The van der Waals surface area contributed by atoms with Crippen molar-refractivity contribution in [3.05, 3.63) is 28.3 Å². The molecule has 0 atom stereocenters. The molecule has 3 rings (SSSR count). The van der Waals surface area contributed by atoms with Crippen molar-refractivity contribution in [3.63, 3.8) is 0 Å². The number of nitro benzene ring substituents is 1. The third-order valence-electron chi connectivity index (χ3n) is 5.71. The second-order valence-electron chi connectivity index (χ2n) is 7.85. The second kappa shape index (κ2) is 9.19. The summed E-state index contributed by atoms with van der Waals surface area (Å²) in [5.41, 5.74) is 0.185. The summed E-state index contributed by atoms with van der Waals surface area (Å²) in [4.78, 5) is 13.4. The van der Waals surface area contributed by atoms with E-state index in [2.05, 4.69) is 17.1 Å². The Bertz CT molecular complexity index is 785. The van der Waals surface area contributed by atoms with Crippen molar-refractivity contribution in [3.8, 4) is 0 Å². The van der Waals surface area contributed by atoms with E-state index < -0.39 is 14.9 Å². The van der Waals surface area contributed by atoms with Crippen molar-refractivity contribution in [2.45, 2.75) is 43.9 Å². The van der Waals surface area contributed by atoms with Gasteiger partial charge >= 0.3 is 0 Å². The maximum absolute atomic E-state index is 12.7. The van der Waals surface area contributed by atoms with Gasteiger partial charge in [-0.25, -0.2) is 8.42 Å². The van der Waals surface area contributed by atoms with Gasteiger partial charge in [0.1, 0.15) is 5.69 Å². The average molecular weight is 411 g/mol. The molecule has 0 unspecified atom stereocenters. The molecule has 2 fully saturated rings.